The summed E-state index contributed by atoms with van der Waals surface area (Å²) >= 11 is 9.20. The van der Waals surface area contributed by atoms with Gasteiger partial charge in [-0.3, -0.25) is 0 Å². The Labute approximate surface area is 102 Å². The molecule has 0 saturated carbocycles. The molecule has 5 heteroatoms. The molecule has 0 saturated heterocycles. The van der Waals surface area contributed by atoms with Crippen molar-refractivity contribution in [3.8, 4) is 0 Å². The molecule has 1 N–H and O–H groups in total. The average molecular weight is 293 g/mol. The van der Waals surface area contributed by atoms with Gasteiger partial charge in [0.25, 0.3) is 0 Å². The van der Waals surface area contributed by atoms with E-state index in [0.717, 1.165) is 4.47 Å². The largest absolute Gasteiger partial charge is 0.465 e. The lowest BCUT2D eigenvalue weighted by molar-refractivity contribution is 0.0602. The Balaban J connectivity index is 3.26. The van der Waals surface area contributed by atoms with Crippen LogP contribution in [0.4, 0.5) is 5.69 Å². The van der Waals surface area contributed by atoms with Crippen LogP contribution in [0.2, 0.25) is 5.02 Å². The van der Waals surface area contributed by atoms with Crippen LogP contribution in [0.15, 0.2) is 16.6 Å². The average Bonchev–Trinajstić information content (AvgIpc) is 2.20. The van der Waals surface area contributed by atoms with Crippen molar-refractivity contribution in [2.45, 2.75) is 6.92 Å². The van der Waals surface area contributed by atoms with E-state index in [1.165, 1.54) is 7.11 Å². The van der Waals surface area contributed by atoms with Gasteiger partial charge < -0.3 is 10.1 Å². The summed E-state index contributed by atoms with van der Waals surface area (Å²) in [5.41, 5.74) is 1.13. The predicted octanol–water partition coefficient (Wildman–Crippen LogP) is 3.32. The Kier molecular flexibility index (Phi) is 4.42. The van der Waals surface area contributed by atoms with Gasteiger partial charge in [0, 0.05) is 16.0 Å². The summed E-state index contributed by atoms with van der Waals surface area (Å²) < 4.78 is 5.42. The molecular weight excluding hydrogens is 281 g/mol. The maximum absolute atomic E-state index is 11.5. The maximum atomic E-state index is 11.5. The van der Waals surface area contributed by atoms with Crippen LogP contribution >= 0.6 is 27.5 Å². The van der Waals surface area contributed by atoms with E-state index in [4.69, 9.17) is 11.6 Å². The Hall–Kier alpha value is -0.740. The van der Waals surface area contributed by atoms with Gasteiger partial charge >= 0.3 is 5.97 Å². The number of carbonyl (C=O) groups excluding carboxylic acids is 1. The zero-order valence-corrected chi connectivity index (χ0v) is 10.8. The second kappa shape index (κ2) is 5.37. The predicted molar refractivity (Wildman–Crippen MR) is 64.7 cm³/mol. The van der Waals surface area contributed by atoms with Crippen LogP contribution in [-0.2, 0) is 4.74 Å². The van der Waals surface area contributed by atoms with E-state index in [9.17, 15) is 4.79 Å². The first kappa shape index (κ1) is 12.3. The monoisotopic (exact) mass is 291 g/mol. The number of rotatable bonds is 3. The minimum atomic E-state index is -0.408. The number of anilines is 1. The van der Waals surface area contributed by atoms with Crippen LogP contribution in [-0.4, -0.2) is 19.6 Å². The van der Waals surface area contributed by atoms with Gasteiger partial charge in [0.15, 0.2) is 0 Å². The number of benzene rings is 1. The minimum Gasteiger partial charge on any atom is -0.465 e. The summed E-state index contributed by atoms with van der Waals surface area (Å²) in [4.78, 5) is 11.5. The molecule has 0 unspecified atom stereocenters. The van der Waals surface area contributed by atoms with Crippen molar-refractivity contribution in [3.05, 3.63) is 27.2 Å². The quantitative estimate of drug-likeness (QED) is 0.869. The summed E-state index contributed by atoms with van der Waals surface area (Å²) in [6.07, 6.45) is 0. The van der Waals surface area contributed by atoms with Crippen LogP contribution in [0.25, 0.3) is 0 Å². The molecule has 0 atom stereocenters. The molecular formula is C10H11BrClNO2. The van der Waals surface area contributed by atoms with E-state index >= 15 is 0 Å². The standard InChI is InChI=1S/C10H11BrClNO2/c1-3-13-9-7(10(14)15-2)4-6(12)5-8(9)11/h4-5,13H,3H2,1-2H3. The van der Waals surface area contributed by atoms with Crippen LogP contribution in [0.3, 0.4) is 0 Å². The van der Waals surface area contributed by atoms with Gasteiger partial charge in [-0.15, -0.1) is 0 Å². The molecule has 0 aliphatic carbocycles. The number of esters is 1. The van der Waals surface area contributed by atoms with Gasteiger partial charge in [-0.1, -0.05) is 11.6 Å². The van der Waals surface area contributed by atoms with E-state index in [1.807, 2.05) is 6.92 Å². The normalized spacial score (nSPS) is 9.87. The number of carbonyl (C=O) groups is 1. The third-order valence-electron chi connectivity index (χ3n) is 1.81. The molecule has 0 aromatic heterocycles. The maximum Gasteiger partial charge on any atom is 0.340 e. The zero-order chi connectivity index (χ0) is 11.4. The minimum absolute atomic E-state index is 0.408. The molecule has 0 heterocycles. The third kappa shape index (κ3) is 2.86. The number of ether oxygens (including phenoxy) is 1. The second-order valence-corrected chi connectivity index (χ2v) is 4.12. The molecule has 82 valence electrons. The topological polar surface area (TPSA) is 38.3 Å². The van der Waals surface area contributed by atoms with Crippen molar-refractivity contribution in [1.82, 2.24) is 0 Å². The fourth-order valence-corrected chi connectivity index (χ4v) is 2.15. The summed E-state index contributed by atoms with van der Waals surface area (Å²) in [5.74, 6) is -0.408. The van der Waals surface area contributed by atoms with Crippen molar-refractivity contribution >= 4 is 39.2 Å². The highest BCUT2D eigenvalue weighted by molar-refractivity contribution is 9.10. The van der Waals surface area contributed by atoms with E-state index in [2.05, 4.69) is 26.0 Å². The van der Waals surface area contributed by atoms with Gasteiger partial charge in [-0.25, -0.2) is 4.79 Å². The molecule has 0 aliphatic rings. The zero-order valence-electron chi connectivity index (χ0n) is 8.43. The number of methoxy groups -OCH3 is 1. The summed E-state index contributed by atoms with van der Waals surface area (Å²) in [5, 5.41) is 3.57. The number of halogens is 2. The lowest BCUT2D eigenvalue weighted by Crippen LogP contribution is -2.08. The van der Waals surface area contributed by atoms with Crippen molar-refractivity contribution < 1.29 is 9.53 Å². The molecule has 15 heavy (non-hydrogen) atoms. The van der Waals surface area contributed by atoms with Crippen molar-refractivity contribution in [2.24, 2.45) is 0 Å². The lowest BCUT2D eigenvalue weighted by Gasteiger charge is -2.11. The van der Waals surface area contributed by atoms with E-state index in [-0.39, 0.29) is 0 Å². The highest BCUT2D eigenvalue weighted by Gasteiger charge is 2.15. The molecule has 0 spiro atoms. The number of hydrogen-bond donors (Lipinski definition) is 1. The van der Waals surface area contributed by atoms with Crippen LogP contribution in [0.5, 0.6) is 0 Å². The Morgan fingerprint density at radius 1 is 1.60 bits per heavy atom. The van der Waals surface area contributed by atoms with Crippen LogP contribution < -0.4 is 5.32 Å². The van der Waals surface area contributed by atoms with Crippen LogP contribution in [0, 0.1) is 0 Å². The van der Waals surface area contributed by atoms with Gasteiger partial charge in [0.1, 0.15) is 0 Å². The summed E-state index contributed by atoms with van der Waals surface area (Å²) in [6, 6.07) is 3.31. The first-order valence-electron chi connectivity index (χ1n) is 4.41. The van der Waals surface area contributed by atoms with Crippen molar-refractivity contribution in [2.75, 3.05) is 19.0 Å². The fourth-order valence-electron chi connectivity index (χ4n) is 1.20. The SMILES string of the molecule is CCNc1c(Br)cc(Cl)cc1C(=O)OC. The number of hydrogen-bond acceptors (Lipinski definition) is 3. The molecule has 1 aromatic carbocycles. The summed E-state index contributed by atoms with van der Waals surface area (Å²) in [7, 11) is 1.34. The first-order valence-corrected chi connectivity index (χ1v) is 5.58. The van der Waals surface area contributed by atoms with Gasteiger partial charge in [-0.05, 0) is 35.0 Å². The van der Waals surface area contributed by atoms with Crippen LogP contribution in [0.1, 0.15) is 17.3 Å². The first-order chi connectivity index (χ1) is 7.10. The third-order valence-corrected chi connectivity index (χ3v) is 2.66. The molecule has 0 radical (unpaired) electrons. The molecule has 0 bridgehead atoms. The van der Waals surface area contributed by atoms with Crippen molar-refractivity contribution in [1.29, 1.82) is 0 Å². The lowest BCUT2D eigenvalue weighted by atomic mass is 10.2. The summed E-state index contributed by atoms with van der Waals surface area (Å²) in [6.45, 7) is 2.66. The fraction of sp³-hybridized carbons (Fsp3) is 0.300. The second-order valence-electron chi connectivity index (χ2n) is 2.83. The molecule has 3 nitrogen and oxygen atoms in total. The Morgan fingerprint density at radius 3 is 2.80 bits per heavy atom. The van der Waals surface area contributed by atoms with E-state index in [0.29, 0.717) is 22.8 Å². The van der Waals surface area contributed by atoms with E-state index < -0.39 is 5.97 Å². The smallest absolute Gasteiger partial charge is 0.340 e. The van der Waals surface area contributed by atoms with Gasteiger partial charge in [0.05, 0.1) is 18.4 Å². The molecule has 0 aliphatic heterocycles. The Bertz CT molecular complexity index is 382. The highest BCUT2D eigenvalue weighted by atomic mass is 79.9. The molecule has 1 rings (SSSR count). The molecule has 1 aromatic rings. The van der Waals surface area contributed by atoms with Gasteiger partial charge in [-0.2, -0.15) is 0 Å². The Morgan fingerprint density at radius 2 is 2.27 bits per heavy atom. The van der Waals surface area contributed by atoms with E-state index in [1.54, 1.807) is 12.1 Å². The molecule has 0 amide bonds. The number of nitrogens with one attached hydrogen (secondary N) is 1. The highest BCUT2D eigenvalue weighted by Crippen LogP contribution is 2.30. The van der Waals surface area contributed by atoms with Gasteiger partial charge in [0.2, 0.25) is 0 Å². The van der Waals surface area contributed by atoms with Crippen molar-refractivity contribution in [3.63, 3.8) is 0 Å². The molecule has 0 fully saturated rings.